The summed E-state index contributed by atoms with van der Waals surface area (Å²) in [5.74, 6) is -1.69. The minimum atomic E-state index is -5.08. The third-order valence-corrected chi connectivity index (χ3v) is 4.54. The molecule has 4 rings (SSSR count). The fourth-order valence-electron chi connectivity index (χ4n) is 2.94. The number of benzene rings is 1. The highest BCUT2D eigenvalue weighted by atomic mass is 35.5. The Morgan fingerprint density at radius 3 is 2.59 bits per heavy atom. The van der Waals surface area contributed by atoms with Crippen molar-refractivity contribution in [1.29, 1.82) is 0 Å². The molecule has 3 heterocycles. The van der Waals surface area contributed by atoms with Crippen molar-refractivity contribution in [3.63, 3.8) is 0 Å². The minimum absolute atomic E-state index is 0.255. The highest BCUT2D eigenvalue weighted by Crippen LogP contribution is 2.33. The molecule has 1 fully saturated rings. The van der Waals surface area contributed by atoms with E-state index >= 15 is 0 Å². The first-order valence-electron chi connectivity index (χ1n) is 8.44. The summed E-state index contributed by atoms with van der Waals surface area (Å²) in [5, 5.41) is 11.2. The number of halogens is 4. The molecule has 154 valence electrons. The number of hydrogen-bond donors (Lipinski definition) is 3. The van der Waals surface area contributed by atoms with Crippen LogP contribution in [-0.2, 0) is 4.79 Å². The molecule has 0 aliphatic carbocycles. The van der Waals surface area contributed by atoms with Gasteiger partial charge >= 0.3 is 12.1 Å². The number of fused-ring (bicyclic) bond motifs is 1. The molecule has 12 heteroatoms. The molecule has 1 aliphatic rings. The van der Waals surface area contributed by atoms with E-state index < -0.39 is 12.1 Å². The Kier molecular flexibility index (Phi) is 5.89. The van der Waals surface area contributed by atoms with Crippen molar-refractivity contribution in [1.82, 2.24) is 24.8 Å². The van der Waals surface area contributed by atoms with E-state index in [2.05, 4.69) is 19.9 Å². The second-order valence-corrected chi connectivity index (χ2v) is 6.58. The molecule has 3 aromatic rings. The maximum atomic E-state index is 10.6. The number of nitrogens with two attached hydrogens (primary N) is 1. The number of alkyl halides is 3. The molecule has 0 saturated carbocycles. The highest BCUT2D eigenvalue weighted by Gasteiger charge is 2.38. The van der Waals surface area contributed by atoms with Crippen LogP contribution in [0.4, 0.5) is 19.1 Å². The van der Waals surface area contributed by atoms with Crippen LogP contribution in [-0.4, -0.2) is 49.9 Å². The summed E-state index contributed by atoms with van der Waals surface area (Å²) >= 11 is 6.37. The smallest absolute Gasteiger partial charge is 0.475 e. The third kappa shape index (κ3) is 4.57. The van der Waals surface area contributed by atoms with Gasteiger partial charge in [0.2, 0.25) is 5.95 Å². The number of nitrogen functional groups attached to an aromatic ring is 1. The molecule has 1 unspecified atom stereocenters. The maximum absolute atomic E-state index is 10.6. The number of hydrogen-bond acceptors (Lipinski definition) is 6. The van der Waals surface area contributed by atoms with Crippen molar-refractivity contribution in [2.75, 3.05) is 18.8 Å². The molecule has 4 N–H and O–H groups in total. The quantitative estimate of drug-likeness (QED) is 0.574. The van der Waals surface area contributed by atoms with E-state index in [0.29, 0.717) is 5.02 Å². The van der Waals surface area contributed by atoms with E-state index in [1.165, 1.54) is 0 Å². The van der Waals surface area contributed by atoms with Crippen LogP contribution in [0.3, 0.4) is 0 Å². The lowest BCUT2D eigenvalue weighted by Gasteiger charge is -2.15. The molecule has 1 saturated heterocycles. The molecule has 2 aromatic heterocycles. The average molecular weight is 429 g/mol. The average Bonchev–Trinajstić information content (AvgIpc) is 3.28. The molecule has 29 heavy (non-hydrogen) atoms. The van der Waals surface area contributed by atoms with Crippen molar-refractivity contribution in [3.05, 3.63) is 35.5 Å². The van der Waals surface area contributed by atoms with Gasteiger partial charge in [-0.1, -0.05) is 23.7 Å². The van der Waals surface area contributed by atoms with Crippen LogP contribution in [0.5, 0.6) is 0 Å². The summed E-state index contributed by atoms with van der Waals surface area (Å²) in [4.78, 5) is 22.0. The number of nitrogens with one attached hydrogen (secondary N) is 1. The number of carboxylic acid groups (broad SMARTS) is 1. The first kappa shape index (κ1) is 20.8. The van der Waals surface area contributed by atoms with Gasteiger partial charge in [-0.2, -0.15) is 18.2 Å². The van der Waals surface area contributed by atoms with Crippen LogP contribution in [0.15, 0.2) is 30.5 Å². The Bertz CT molecular complexity index is 1030. The molecule has 0 radical (unpaired) electrons. The number of anilines is 1. The highest BCUT2D eigenvalue weighted by molar-refractivity contribution is 6.33. The van der Waals surface area contributed by atoms with Gasteiger partial charge in [-0.3, -0.25) is 0 Å². The summed E-state index contributed by atoms with van der Waals surface area (Å²) in [6, 6.07) is 7.99. The fourth-order valence-corrected chi connectivity index (χ4v) is 3.16. The minimum Gasteiger partial charge on any atom is -0.475 e. The zero-order valence-electron chi connectivity index (χ0n) is 14.8. The normalized spacial score (nSPS) is 16.5. The number of rotatable bonds is 2. The summed E-state index contributed by atoms with van der Waals surface area (Å²) < 4.78 is 33.9. The van der Waals surface area contributed by atoms with Gasteiger partial charge in [-0.15, -0.1) is 0 Å². The topological polar surface area (TPSA) is 119 Å². The summed E-state index contributed by atoms with van der Waals surface area (Å²) in [5.41, 5.74) is 8.15. The Balaban J connectivity index is 0.000000298. The van der Waals surface area contributed by atoms with Crippen molar-refractivity contribution < 1.29 is 23.1 Å². The molecule has 1 aliphatic heterocycles. The number of aromatic nitrogens is 4. The van der Waals surface area contributed by atoms with Crippen molar-refractivity contribution in [2.45, 2.75) is 18.6 Å². The van der Waals surface area contributed by atoms with Crippen molar-refractivity contribution in [2.24, 2.45) is 0 Å². The van der Waals surface area contributed by atoms with Gasteiger partial charge in [0.05, 0.1) is 17.3 Å². The second kappa shape index (κ2) is 8.21. The zero-order chi connectivity index (χ0) is 21.2. The van der Waals surface area contributed by atoms with E-state index in [0.717, 1.165) is 42.1 Å². The predicted molar refractivity (Wildman–Crippen MR) is 100 cm³/mol. The summed E-state index contributed by atoms with van der Waals surface area (Å²) in [6.07, 6.45) is -2.40. The molecule has 0 amide bonds. The monoisotopic (exact) mass is 428 g/mol. The maximum Gasteiger partial charge on any atom is 0.490 e. The Morgan fingerprint density at radius 2 is 2.00 bits per heavy atom. The van der Waals surface area contributed by atoms with Crippen molar-refractivity contribution in [3.8, 4) is 11.4 Å². The van der Waals surface area contributed by atoms with E-state index in [1.54, 1.807) is 6.20 Å². The van der Waals surface area contributed by atoms with E-state index in [1.807, 2.05) is 24.3 Å². The molecule has 0 bridgehead atoms. The van der Waals surface area contributed by atoms with E-state index in [4.69, 9.17) is 32.2 Å². The second-order valence-electron chi connectivity index (χ2n) is 6.17. The number of carboxylic acids is 1. The largest absolute Gasteiger partial charge is 0.490 e. The lowest BCUT2D eigenvalue weighted by molar-refractivity contribution is -0.192. The number of nitrogens with zero attached hydrogens (tertiary/aromatic N) is 4. The van der Waals surface area contributed by atoms with Crippen LogP contribution in [0.1, 0.15) is 12.5 Å². The van der Waals surface area contributed by atoms with Crippen LogP contribution >= 0.6 is 11.6 Å². The summed E-state index contributed by atoms with van der Waals surface area (Å²) in [6.45, 7) is 1.86. The first-order chi connectivity index (χ1) is 13.7. The lowest BCUT2D eigenvalue weighted by atomic mass is 10.2. The standard InChI is InChI=1S/C15H15ClN6.C2HF3O2/c16-11-4-2-1-3-10(11)13-20-12-8-19-15(17)21-14(12)22(13)9-5-6-18-7-9;3-2(4,5)1(6)7/h1-4,8-9,18H,5-7H2,(H2,17,19,21);(H,6,7). The SMILES string of the molecule is Nc1ncc2nc(-c3ccccc3Cl)n(C3CCNC3)c2n1.O=C(O)C(F)(F)F. The molecular formula is C17H16ClF3N6O2. The third-order valence-electron chi connectivity index (χ3n) is 4.21. The van der Waals surface area contributed by atoms with Gasteiger partial charge in [0.1, 0.15) is 11.3 Å². The van der Waals surface area contributed by atoms with Crippen LogP contribution in [0.2, 0.25) is 5.02 Å². The molecule has 0 spiro atoms. The fraction of sp³-hybridized carbons (Fsp3) is 0.294. The Labute approximate surface area is 167 Å². The zero-order valence-corrected chi connectivity index (χ0v) is 15.6. The number of imidazole rings is 1. The van der Waals surface area contributed by atoms with Gasteiger partial charge in [0, 0.05) is 12.1 Å². The van der Waals surface area contributed by atoms with E-state index in [-0.39, 0.29) is 12.0 Å². The Morgan fingerprint density at radius 1 is 1.31 bits per heavy atom. The van der Waals surface area contributed by atoms with Gasteiger partial charge in [-0.25, -0.2) is 14.8 Å². The number of aliphatic carboxylic acids is 1. The molecule has 1 aromatic carbocycles. The molecule has 8 nitrogen and oxygen atoms in total. The van der Waals surface area contributed by atoms with Gasteiger partial charge in [0.25, 0.3) is 0 Å². The van der Waals surface area contributed by atoms with Crippen LogP contribution < -0.4 is 11.1 Å². The Hall–Kier alpha value is -2.92. The predicted octanol–water partition coefficient (Wildman–Crippen LogP) is 2.90. The summed E-state index contributed by atoms with van der Waals surface area (Å²) in [7, 11) is 0. The van der Waals surface area contributed by atoms with Gasteiger partial charge < -0.3 is 20.7 Å². The first-order valence-corrected chi connectivity index (χ1v) is 8.82. The van der Waals surface area contributed by atoms with Crippen LogP contribution in [0.25, 0.3) is 22.6 Å². The number of carbonyl (C=O) groups is 1. The van der Waals surface area contributed by atoms with E-state index in [9.17, 15) is 13.2 Å². The lowest BCUT2D eigenvalue weighted by Crippen LogP contribution is -2.21. The van der Waals surface area contributed by atoms with Gasteiger partial charge in [-0.05, 0) is 25.1 Å². The molecule has 1 atom stereocenters. The van der Waals surface area contributed by atoms with Crippen LogP contribution in [0, 0.1) is 0 Å². The van der Waals surface area contributed by atoms with Crippen molar-refractivity contribution >= 4 is 34.7 Å². The molecular weight excluding hydrogens is 413 g/mol. The van der Waals surface area contributed by atoms with Gasteiger partial charge in [0.15, 0.2) is 5.65 Å².